The lowest BCUT2D eigenvalue weighted by Crippen LogP contribution is -2.42. The van der Waals surface area contributed by atoms with Gasteiger partial charge in [0, 0.05) is 18.5 Å². The van der Waals surface area contributed by atoms with Gasteiger partial charge in [0.15, 0.2) is 0 Å². The SMILES string of the molecule is CCOC(=O)c1ccc(OC)nc1CC(CC(C)(C)C)NS(=O)C(C)(C)C. The maximum atomic E-state index is 12.7. The molecule has 2 unspecified atom stereocenters. The molecule has 154 valence electrons. The number of nitrogens with one attached hydrogen (secondary N) is 1. The number of pyridine rings is 1. The van der Waals surface area contributed by atoms with Crippen molar-refractivity contribution >= 4 is 17.0 Å². The quantitative estimate of drug-likeness (QED) is 0.676. The molecule has 7 heteroatoms. The molecule has 0 spiro atoms. The van der Waals surface area contributed by atoms with E-state index in [9.17, 15) is 9.00 Å². The van der Waals surface area contributed by atoms with Crippen molar-refractivity contribution in [1.29, 1.82) is 0 Å². The van der Waals surface area contributed by atoms with Crippen LogP contribution in [0.2, 0.25) is 0 Å². The van der Waals surface area contributed by atoms with E-state index >= 15 is 0 Å². The van der Waals surface area contributed by atoms with Crippen LogP contribution in [0.5, 0.6) is 5.88 Å². The predicted molar refractivity (Wildman–Crippen MR) is 109 cm³/mol. The fourth-order valence-corrected chi connectivity index (χ4v) is 3.42. The van der Waals surface area contributed by atoms with Gasteiger partial charge in [-0.3, -0.25) is 0 Å². The maximum Gasteiger partial charge on any atom is 0.339 e. The first-order chi connectivity index (χ1) is 12.4. The molecule has 0 aliphatic carbocycles. The number of carbonyl (C=O) groups is 1. The normalized spacial score (nSPS) is 14.5. The van der Waals surface area contributed by atoms with Gasteiger partial charge in [0.05, 0.1) is 40.7 Å². The van der Waals surface area contributed by atoms with E-state index in [1.165, 1.54) is 7.11 Å². The van der Waals surface area contributed by atoms with Gasteiger partial charge in [0.1, 0.15) is 0 Å². The largest absolute Gasteiger partial charge is 0.481 e. The molecule has 0 fully saturated rings. The molecule has 0 amide bonds. The van der Waals surface area contributed by atoms with E-state index in [1.54, 1.807) is 19.1 Å². The highest BCUT2D eigenvalue weighted by molar-refractivity contribution is 7.84. The number of hydrogen-bond acceptors (Lipinski definition) is 5. The van der Waals surface area contributed by atoms with Gasteiger partial charge in [0.2, 0.25) is 5.88 Å². The van der Waals surface area contributed by atoms with Gasteiger partial charge in [-0.2, -0.15) is 0 Å². The number of ether oxygens (including phenoxy) is 2. The van der Waals surface area contributed by atoms with E-state index in [0.717, 1.165) is 6.42 Å². The van der Waals surface area contributed by atoms with Crippen molar-refractivity contribution in [1.82, 2.24) is 9.71 Å². The van der Waals surface area contributed by atoms with Crippen LogP contribution in [-0.4, -0.2) is 39.7 Å². The Balaban J connectivity index is 3.21. The topological polar surface area (TPSA) is 77.5 Å². The first-order valence-electron chi connectivity index (χ1n) is 9.26. The van der Waals surface area contributed by atoms with E-state index in [-0.39, 0.29) is 16.2 Å². The Morgan fingerprint density at radius 1 is 1.22 bits per heavy atom. The van der Waals surface area contributed by atoms with Crippen molar-refractivity contribution < 1.29 is 18.5 Å². The van der Waals surface area contributed by atoms with Crippen LogP contribution in [0, 0.1) is 5.41 Å². The molecule has 0 saturated carbocycles. The summed E-state index contributed by atoms with van der Waals surface area (Å²) >= 11 is 0. The Morgan fingerprint density at radius 2 is 1.85 bits per heavy atom. The van der Waals surface area contributed by atoms with Gasteiger partial charge in [-0.25, -0.2) is 18.7 Å². The first-order valence-corrected chi connectivity index (χ1v) is 10.4. The number of nitrogens with zero attached hydrogens (tertiary/aromatic N) is 1. The Hall–Kier alpha value is -1.47. The van der Waals surface area contributed by atoms with Crippen molar-refractivity contribution in [2.24, 2.45) is 5.41 Å². The fourth-order valence-electron chi connectivity index (χ4n) is 2.60. The summed E-state index contributed by atoms with van der Waals surface area (Å²) in [5.41, 5.74) is 1.02. The summed E-state index contributed by atoms with van der Waals surface area (Å²) < 4.78 is 25.9. The Morgan fingerprint density at radius 3 is 2.33 bits per heavy atom. The summed E-state index contributed by atoms with van der Waals surface area (Å²) in [4.78, 5) is 16.8. The second-order valence-corrected chi connectivity index (χ2v) is 10.7. The standard InChI is InChI=1S/C20H34N2O4S/c1-9-26-18(23)15-10-11-17(25-8)21-16(15)12-14(13-19(2,3)4)22-27(24)20(5,6)7/h10-11,14,22H,9,12-13H2,1-8H3. The molecule has 1 rings (SSSR count). The van der Waals surface area contributed by atoms with Crippen LogP contribution in [0.3, 0.4) is 0 Å². The summed E-state index contributed by atoms with van der Waals surface area (Å²) in [5.74, 6) is 0.0265. The lowest BCUT2D eigenvalue weighted by Gasteiger charge is -2.29. The van der Waals surface area contributed by atoms with Gasteiger partial charge < -0.3 is 9.47 Å². The van der Waals surface area contributed by atoms with Gasteiger partial charge in [0.25, 0.3) is 0 Å². The fraction of sp³-hybridized carbons (Fsp3) is 0.700. The smallest absolute Gasteiger partial charge is 0.339 e. The van der Waals surface area contributed by atoms with Crippen molar-refractivity contribution in [3.05, 3.63) is 23.4 Å². The molecule has 1 heterocycles. The van der Waals surface area contributed by atoms with Crippen LogP contribution >= 0.6 is 0 Å². The predicted octanol–water partition coefficient (Wildman–Crippen LogP) is 3.67. The van der Waals surface area contributed by atoms with E-state index in [4.69, 9.17) is 9.47 Å². The second-order valence-electron chi connectivity index (χ2n) is 8.73. The highest BCUT2D eigenvalue weighted by Gasteiger charge is 2.28. The van der Waals surface area contributed by atoms with Crippen molar-refractivity contribution in [2.45, 2.75) is 72.1 Å². The zero-order valence-corrected chi connectivity index (χ0v) is 18.7. The number of rotatable bonds is 8. The molecule has 1 N–H and O–H groups in total. The molecule has 2 atom stereocenters. The average molecular weight is 399 g/mol. The third-order valence-corrected chi connectivity index (χ3v) is 5.44. The van der Waals surface area contributed by atoms with Gasteiger partial charge in [-0.1, -0.05) is 20.8 Å². The Labute approximate surface area is 166 Å². The minimum Gasteiger partial charge on any atom is -0.481 e. The van der Waals surface area contributed by atoms with Gasteiger partial charge in [-0.05, 0) is 45.6 Å². The first kappa shape index (κ1) is 23.6. The van der Waals surface area contributed by atoms with E-state index in [0.29, 0.717) is 30.2 Å². The molecule has 1 aromatic rings. The Kier molecular flexibility index (Phi) is 8.42. The molecular weight excluding hydrogens is 364 g/mol. The highest BCUT2D eigenvalue weighted by atomic mass is 32.2. The minimum atomic E-state index is -1.23. The molecule has 1 aromatic heterocycles. The van der Waals surface area contributed by atoms with Crippen LogP contribution in [-0.2, 0) is 22.1 Å². The van der Waals surface area contributed by atoms with Crippen molar-refractivity contribution in [2.75, 3.05) is 13.7 Å². The molecule has 0 aliphatic rings. The third-order valence-electron chi connectivity index (χ3n) is 3.78. The summed E-state index contributed by atoms with van der Waals surface area (Å²) in [5, 5.41) is 0. The lowest BCUT2D eigenvalue weighted by molar-refractivity contribution is 0.0524. The molecular formula is C20H34N2O4S. The summed E-state index contributed by atoms with van der Waals surface area (Å²) in [7, 11) is 0.309. The zero-order chi connectivity index (χ0) is 20.8. The summed E-state index contributed by atoms with van der Waals surface area (Å²) in [6, 6.07) is 3.21. The molecule has 0 aliphatic heterocycles. The van der Waals surface area contributed by atoms with Crippen molar-refractivity contribution in [3.8, 4) is 5.88 Å². The summed E-state index contributed by atoms with van der Waals surface area (Å²) in [6.45, 7) is 14.2. The maximum absolute atomic E-state index is 12.7. The molecule has 27 heavy (non-hydrogen) atoms. The van der Waals surface area contributed by atoms with E-state index in [1.807, 2.05) is 20.8 Å². The number of esters is 1. The molecule has 0 saturated heterocycles. The summed E-state index contributed by atoms with van der Waals surface area (Å²) in [6.07, 6.45) is 1.22. The molecule has 0 bridgehead atoms. The van der Waals surface area contributed by atoms with Crippen LogP contribution in [0.25, 0.3) is 0 Å². The van der Waals surface area contributed by atoms with E-state index < -0.39 is 17.0 Å². The second kappa shape index (κ2) is 9.64. The third kappa shape index (κ3) is 7.97. The number of methoxy groups -OCH3 is 1. The Bertz CT molecular complexity index is 663. The highest BCUT2D eigenvalue weighted by Crippen LogP contribution is 2.25. The minimum absolute atomic E-state index is 0.0166. The average Bonchev–Trinajstić information content (AvgIpc) is 2.52. The number of hydrogen-bond donors (Lipinski definition) is 1. The molecule has 0 aromatic carbocycles. The number of aromatic nitrogens is 1. The number of carbonyl (C=O) groups excluding carboxylic acids is 1. The monoisotopic (exact) mass is 398 g/mol. The van der Waals surface area contributed by atoms with Crippen LogP contribution in [0.4, 0.5) is 0 Å². The van der Waals surface area contributed by atoms with E-state index in [2.05, 4.69) is 30.5 Å². The van der Waals surface area contributed by atoms with Crippen LogP contribution in [0.1, 0.15) is 70.9 Å². The van der Waals surface area contributed by atoms with Crippen molar-refractivity contribution in [3.63, 3.8) is 0 Å². The van der Waals surface area contributed by atoms with Crippen LogP contribution < -0.4 is 9.46 Å². The van der Waals surface area contributed by atoms with Gasteiger partial charge in [-0.15, -0.1) is 0 Å². The van der Waals surface area contributed by atoms with Gasteiger partial charge >= 0.3 is 5.97 Å². The molecule has 6 nitrogen and oxygen atoms in total. The zero-order valence-electron chi connectivity index (χ0n) is 17.8. The lowest BCUT2D eigenvalue weighted by atomic mass is 9.86. The molecule has 0 radical (unpaired) electrons. The van der Waals surface area contributed by atoms with Crippen LogP contribution in [0.15, 0.2) is 12.1 Å².